The number of nitrogens with zero attached hydrogens (tertiary/aromatic N) is 1. The second-order valence-electron chi connectivity index (χ2n) is 4.93. The maximum absolute atomic E-state index is 12.2. The van der Waals surface area contributed by atoms with E-state index in [0.717, 1.165) is 19.3 Å². The molecule has 2 unspecified atom stereocenters. The van der Waals surface area contributed by atoms with Crippen LogP contribution < -0.4 is 5.32 Å². The van der Waals surface area contributed by atoms with E-state index < -0.39 is 12.0 Å². The number of carbonyl (C=O) groups excluding carboxylic acids is 1. The largest absolute Gasteiger partial charge is 0.480 e. The zero-order valence-corrected chi connectivity index (χ0v) is 13.0. The van der Waals surface area contributed by atoms with E-state index in [1.807, 2.05) is 20.8 Å². The van der Waals surface area contributed by atoms with E-state index in [2.05, 4.69) is 5.32 Å². The van der Waals surface area contributed by atoms with Crippen molar-refractivity contribution in [2.45, 2.75) is 58.5 Å². The van der Waals surface area contributed by atoms with Crippen molar-refractivity contribution in [2.24, 2.45) is 0 Å². The molecule has 6 heteroatoms. The smallest absolute Gasteiger partial charge is 0.326 e. The Morgan fingerprint density at radius 1 is 1.35 bits per heavy atom. The van der Waals surface area contributed by atoms with Crippen LogP contribution in [0.3, 0.4) is 0 Å². The first kappa shape index (κ1) is 18.7. The lowest BCUT2D eigenvalue weighted by Gasteiger charge is -2.29. The van der Waals surface area contributed by atoms with Gasteiger partial charge in [-0.25, -0.2) is 9.59 Å². The number of carbonyl (C=O) groups is 2. The molecule has 0 fully saturated rings. The SMILES string of the molecule is CCCCC(NC(=O)N(CCOC)C(C)CC)C(=O)O. The molecular weight excluding hydrogens is 260 g/mol. The lowest BCUT2D eigenvalue weighted by Crippen LogP contribution is -2.51. The Labute approximate surface area is 121 Å². The third-order valence-electron chi connectivity index (χ3n) is 3.36. The fraction of sp³-hybridized carbons (Fsp3) is 0.857. The molecule has 0 spiro atoms. The molecular formula is C14H28N2O4. The Morgan fingerprint density at radius 2 is 2.00 bits per heavy atom. The molecule has 0 aromatic carbocycles. The van der Waals surface area contributed by atoms with Gasteiger partial charge in [0.15, 0.2) is 0 Å². The van der Waals surface area contributed by atoms with Crippen LogP contribution in [0.4, 0.5) is 4.79 Å². The van der Waals surface area contributed by atoms with Gasteiger partial charge in [0, 0.05) is 19.7 Å². The maximum atomic E-state index is 12.2. The summed E-state index contributed by atoms with van der Waals surface area (Å²) in [5, 5.41) is 11.8. The van der Waals surface area contributed by atoms with E-state index in [0.29, 0.717) is 19.6 Å². The molecule has 0 aliphatic heterocycles. The van der Waals surface area contributed by atoms with Gasteiger partial charge in [-0.15, -0.1) is 0 Å². The first-order valence-electron chi connectivity index (χ1n) is 7.26. The van der Waals surface area contributed by atoms with E-state index in [4.69, 9.17) is 9.84 Å². The molecule has 0 saturated heterocycles. The van der Waals surface area contributed by atoms with Gasteiger partial charge in [0.2, 0.25) is 0 Å². The highest BCUT2D eigenvalue weighted by molar-refractivity contribution is 5.82. The minimum absolute atomic E-state index is 0.0470. The third-order valence-corrected chi connectivity index (χ3v) is 3.36. The van der Waals surface area contributed by atoms with E-state index in [1.54, 1.807) is 12.0 Å². The van der Waals surface area contributed by atoms with Crippen molar-refractivity contribution in [1.29, 1.82) is 0 Å². The fourth-order valence-electron chi connectivity index (χ4n) is 1.83. The molecule has 6 nitrogen and oxygen atoms in total. The summed E-state index contributed by atoms with van der Waals surface area (Å²) < 4.78 is 5.00. The molecule has 0 radical (unpaired) electrons. The van der Waals surface area contributed by atoms with Crippen molar-refractivity contribution >= 4 is 12.0 Å². The number of ether oxygens (including phenoxy) is 1. The summed E-state index contributed by atoms with van der Waals surface area (Å²) in [4.78, 5) is 25.0. The number of carboxylic acids is 1. The molecule has 2 amide bonds. The first-order valence-corrected chi connectivity index (χ1v) is 7.26. The molecule has 0 saturated carbocycles. The second kappa shape index (κ2) is 10.5. The van der Waals surface area contributed by atoms with Gasteiger partial charge >= 0.3 is 12.0 Å². The lowest BCUT2D eigenvalue weighted by atomic mass is 10.1. The highest BCUT2D eigenvalue weighted by Crippen LogP contribution is 2.07. The highest BCUT2D eigenvalue weighted by atomic mass is 16.5. The predicted octanol–water partition coefficient (Wildman–Crippen LogP) is 2.09. The number of nitrogens with one attached hydrogen (secondary N) is 1. The highest BCUT2D eigenvalue weighted by Gasteiger charge is 2.24. The summed E-state index contributed by atoms with van der Waals surface area (Å²) in [6, 6.07) is -1.11. The number of aliphatic carboxylic acids is 1. The molecule has 2 N–H and O–H groups in total. The Morgan fingerprint density at radius 3 is 2.45 bits per heavy atom. The van der Waals surface area contributed by atoms with Gasteiger partial charge in [0.05, 0.1) is 6.61 Å². The van der Waals surface area contributed by atoms with Crippen molar-refractivity contribution in [1.82, 2.24) is 10.2 Å². The van der Waals surface area contributed by atoms with E-state index in [9.17, 15) is 9.59 Å². The summed E-state index contributed by atoms with van der Waals surface area (Å²) in [5.74, 6) is -0.984. The van der Waals surface area contributed by atoms with Crippen LogP contribution in [-0.2, 0) is 9.53 Å². The number of unbranched alkanes of at least 4 members (excludes halogenated alkanes) is 1. The number of methoxy groups -OCH3 is 1. The van der Waals surface area contributed by atoms with Crippen LogP contribution in [0, 0.1) is 0 Å². The van der Waals surface area contributed by atoms with E-state index in [-0.39, 0.29) is 12.1 Å². The lowest BCUT2D eigenvalue weighted by molar-refractivity contribution is -0.139. The van der Waals surface area contributed by atoms with Gasteiger partial charge in [-0.05, 0) is 19.8 Å². The number of hydrogen-bond acceptors (Lipinski definition) is 3. The molecule has 0 rings (SSSR count). The van der Waals surface area contributed by atoms with Crippen LogP contribution in [0.2, 0.25) is 0 Å². The number of amides is 2. The molecule has 118 valence electrons. The van der Waals surface area contributed by atoms with Crippen LogP contribution >= 0.6 is 0 Å². The second-order valence-corrected chi connectivity index (χ2v) is 4.93. The van der Waals surface area contributed by atoms with Gasteiger partial charge in [0.1, 0.15) is 6.04 Å². The van der Waals surface area contributed by atoms with Crippen LogP contribution in [-0.4, -0.2) is 54.4 Å². The topological polar surface area (TPSA) is 78.9 Å². The maximum Gasteiger partial charge on any atom is 0.326 e. The summed E-state index contributed by atoms with van der Waals surface area (Å²) in [7, 11) is 1.58. The molecule has 0 aromatic heterocycles. The molecule has 20 heavy (non-hydrogen) atoms. The molecule has 0 bridgehead atoms. The standard InChI is InChI=1S/C14H28N2O4/c1-5-7-8-12(13(17)18)15-14(19)16(9-10-20-4)11(3)6-2/h11-12H,5-10H2,1-4H3,(H,15,19)(H,17,18). The molecule has 0 heterocycles. The summed E-state index contributed by atoms with van der Waals surface area (Å²) in [5.41, 5.74) is 0. The minimum atomic E-state index is -0.984. The predicted molar refractivity (Wildman–Crippen MR) is 77.8 cm³/mol. The number of carboxylic acid groups (broad SMARTS) is 1. The van der Waals surface area contributed by atoms with Crippen molar-refractivity contribution in [2.75, 3.05) is 20.3 Å². The van der Waals surface area contributed by atoms with Gasteiger partial charge in [0.25, 0.3) is 0 Å². The van der Waals surface area contributed by atoms with Gasteiger partial charge in [-0.3, -0.25) is 0 Å². The summed E-state index contributed by atoms with van der Waals surface area (Å²) in [6.45, 7) is 6.81. The van der Waals surface area contributed by atoms with Crippen LogP contribution in [0.25, 0.3) is 0 Å². The zero-order valence-electron chi connectivity index (χ0n) is 13.0. The van der Waals surface area contributed by atoms with Crippen molar-refractivity contribution in [3.63, 3.8) is 0 Å². The Balaban J connectivity index is 4.64. The summed E-state index contributed by atoms with van der Waals surface area (Å²) >= 11 is 0. The van der Waals surface area contributed by atoms with Gasteiger partial charge in [-0.1, -0.05) is 26.7 Å². The minimum Gasteiger partial charge on any atom is -0.480 e. The molecule has 2 atom stereocenters. The molecule has 0 aliphatic rings. The van der Waals surface area contributed by atoms with Crippen molar-refractivity contribution in [3.05, 3.63) is 0 Å². The van der Waals surface area contributed by atoms with Gasteiger partial charge in [-0.2, -0.15) is 0 Å². The number of rotatable bonds is 10. The monoisotopic (exact) mass is 288 g/mol. The number of hydrogen-bond donors (Lipinski definition) is 2. The van der Waals surface area contributed by atoms with Gasteiger partial charge < -0.3 is 20.1 Å². The van der Waals surface area contributed by atoms with E-state index in [1.165, 1.54) is 0 Å². The van der Waals surface area contributed by atoms with Crippen molar-refractivity contribution in [3.8, 4) is 0 Å². The Kier molecular flexibility index (Phi) is 9.80. The quantitative estimate of drug-likeness (QED) is 0.645. The average Bonchev–Trinajstić information content (AvgIpc) is 2.42. The van der Waals surface area contributed by atoms with Crippen LogP contribution in [0.1, 0.15) is 46.5 Å². The molecule has 0 aromatic rings. The van der Waals surface area contributed by atoms with Crippen molar-refractivity contribution < 1.29 is 19.4 Å². The zero-order chi connectivity index (χ0) is 15.5. The molecule has 0 aliphatic carbocycles. The van der Waals surface area contributed by atoms with E-state index >= 15 is 0 Å². The third kappa shape index (κ3) is 6.75. The van der Waals surface area contributed by atoms with Crippen LogP contribution in [0.15, 0.2) is 0 Å². The normalized spacial score (nSPS) is 13.6. The van der Waals surface area contributed by atoms with Crippen LogP contribution in [0.5, 0.6) is 0 Å². The number of urea groups is 1. The summed E-state index contributed by atoms with van der Waals surface area (Å²) in [6.07, 6.45) is 2.94. The Bertz CT molecular complexity index is 297. The fourth-order valence-corrected chi connectivity index (χ4v) is 1.83. The average molecular weight is 288 g/mol. The Hall–Kier alpha value is -1.30. The first-order chi connectivity index (χ1) is 9.47.